The molecule has 1 aromatic rings. The number of hydrogen-bond donors (Lipinski definition) is 1. The van der Waals surface area contributed by atoms with Crippen molar-refractivity contribution in [2.75, 3.05) is 12.4 Å². The predicted molar refractivity (Wildman–Crippen MR) is 54.1 cm³/mol. The molecule has 0 saturated carbocycles. The van der Waals surface area contributed by atoms with E-state index in [2.05, 4.69) is 22.0 Å². The molecule has 0 saturated heterocycles. The highest BCUT2D eigenvalue weighted by Gasteiger charge is 2.17. The van der Waals surface area contributed by atoms with Gasteiger partial charge in [0, 0.05) is 13.6 Å². The minimum Gasteiger partial charge on any atom is -0.385 e. The highest BCUT2D eigenvalue weighted by atomic mass is 15.3. The topological polar surface area (TPSA) is 29.9 Å². The fourth-order valence-corrected chi connectivity index (χ4v) is 2.08. The Balaban J connectivity index is 2.44. The monoisotopic (exact) mass is 179 g/mol. The zero-order valence-electron chi connectivity index (χ0n) is 8.43. The van der Waals surface area contributed by atoms with E-state index >= 15 is 0 Å². The number of rotatable bonds is 2. The molecule has 2 heterocycles. The van der Waals surface area contributed by atoms with Crippen molar-refractivity contribution in [3.63, 3.8) is 0 Å². The summed E-state index contributed by atoms with van der Waals surface area (Å²) < 4.78 is 2.17. The first-order valence-corrected chi connectivity index (χ1v) is 5.13. The minimum absolute atomic E-state index is 1.02. The maximum absolute atomic E-state index is 4.59. The van der Waals surface area contributed by atoms with Gasteiger partial charge in [-0.1, -0.05) is 6.92 Å². The summed E-state index contributed by atoms with van der Waals surface area (Å²) in [4.78, 5) is 0. The third-order valence-corrected chi connectivity index (χ3v) is 2.75. The third kappa shape index (κ3) is 1.32. The molecule has 0 radical (unpaired) electrons. The van der Waals surface area contributed by atoms with Crippen molar-refractivity contribution in [1.82, 2.24) is 9.78 Å². The lowest BCUT2D eigenvalue weighted by Gasteiger charge is -2.14. The average molecular weight is 179 g/mol. The van der Waals surface area contributed by atoms with Crippen LogP contribution in [0.2, 0.25) is 0 Å². The highest BCUT2D eigenvalue weighted by molar-refractivity contribution is 5.53. The van der Waals surface area contributed by atoms with Gasteiger partial charge in [0.2, 0.25) is 0 Å². The molecule has 3 nitrogen and oxygen atoms in total. The molecular formula is C10H17N3. The molecule has 1 aromatic heterocycles. The van der Waals surface area contributed by atoms with Crippen molar-refractivity contribution in [1.29, 1.82) is 0 Å². The van der Waals surface area contributed by atoms with Gasteiger partial charge in [-0.3, -0.25) is 4.68 Å². The Labute approximate surface area is 79.1 Å². The van der Waals surface area contributed by atoms with Crippen LogP contribution in [0.5, 0.6) is 0 Å². The Morgan fingerprint density at radius 3 is 3.00 bits per heavy atom. The number of nitrogens with one attached hydrogen (secondary N) is 1. The van der Waals surface area contributed by atoms with Gasteiger partial charge in [0.1, 0.15) is 0 Å². The first-order valence-electron chi connectivity index (χ1n) is 5.13. The summed E-state index contributed by atoms with van der Waals surface area (Å²) in [6.45, 7) is 3.26. The fourth-order valence-electron chi connectivity index (χ4n) is 2.08. The molecule has 3 heteroatoms. The van der Waals surface area contributed by atoms with Crippen LogP contribution in [0, 0.1) is 0 Å². The van der Waals surface area contributed by atoms with Crippen LogP contribution in [0.25, 0.3) is 0 Å². The van der Waals surface area contributed by atoms with Gasteiger partial charge in [0.25, 0.3) is 0 Å². The summed E-state index contributed by atoms with van der Waals surface area (Å²) in [6, 6.07) is 0. The molecule has 0 amide bonds. The van der Waals surface area contributed by atoms with E-state index < -0.39 is 0 Å². The van der Waals surface area contributed by atoms with Gasteiger partial charge in [0.05, 0.1) is 17.1 Å². The first-order chi connectivity index (χ1) is 6.36. The maximum Gasteiger partial charge on any atom is 0.0856 e. The standard InChI is InChI=1S/C10H17N3/c1-3-8-10(11-2)9-6-4-5-7-13(9)12-8/h11H,3-7H2,1-2H3. The third-order valence-electron chi connectivity index (χ3n) is 2.75. The summed E-state index contributed by atoms with van der Waals surface area (Å²) in [6.07, 6.45) is 4.80. The van der Waals surface area contributed by atoms with E-state index in [9.17, 15) is 0 Å². The van der Waals surface area contributed by atoms with Crippen molar-refractivity contribution in [3.8, 4) is 0 Å². The number of nitrogens with zero attached hydrogens (tertiary/aromatic N) is 2. The molecule has 2 rings (SSSR count). The van der Waals surface area contributed by atoms with E-state index in [1.807, 2.05) is 7.05 Å². The summed E-state index contributed by atoms with van der Waals surface area (Å²) in [5.74, 6) is 0. The number of fused-ring (bicyclic) bond motifs is 1. The smallest absolute Gasteiger partial charge is 0.0856 e. The molecule has 0 aromatic carbocycles. The van der Waals surface area contributed by atoms with Crippen molar-refractivity contribution in [3.05, 3.63) is 11.4 Å². The second kappa shape index (κ2) is 3.40. The zero-order valence-corrected chi connectivity index (χ0v) is 8.43. The molecule has 0 unspecified atom stereocenters. The van der Waals surface area contributed by atoms with Crippen molar-refractivity contribution in [2.24, 2.45) is 0 Å². The minimum atomic E-state index is 1.02. The van der Waals surface area contributed by atoms with Crippen LogP contribution in [0.1, 0.15) is 31.2 Å². The molecule has 0 bridgehead atoms. The average Bonchev–Trinajstić information content (AvgIpc) is 2.55. The summed E-state index contributed by atoms with van der Waals surface area (Å²) >= 11 is 0. The van der Waals surface area contributed by atoms with E-state index in [1.165, 1.54) is 36.3 Å². The number of hydrogen-bond acceptors (Lipinski definition) is 2. The van der Waals surface area contributed by atoms with Gasteiger partial charge >= 0.3 is 0 Å². The van der Waals surface area contributed by atoms with E-state index in [-0.39, 0.29) is 0 Å². The van der Waals surface area contributed by atoms with E-state index in [4.69, 9.17) is 0 Å². The Bertz CT molecular complexity index is 291. The molecule has 72 valence electrons. The number of aromatic nitrogens is 2. The lowest BCUT2D eigenvalue weighted by Crippen LogP contribution is -2.11. The lowest BCUT2D eigenvalue weighted by atomic mass is 10.1. The fraction of sp³-hybridized carbons (Fsp3) is 0.700. The van der Waals surface area contributed by atoms with Crippen molar-refractivity contribution >= 4 is 5.69 Å². The molecule has 1 aliphatic rings. The quantitative estimate of drug-likeness (QED) is 0.750. The second-order valence-corrected chi connectivity index (χ2v) is 3.55. The van der Waals surface area contributed by atoms with Crippen molar-refractivity contribution in [2.45, 2.75) is 39.2 Å². The molecule has 0 fully saturated rings. The van der Waals surface area contributed by atoms with Crippen LogP contribution in [0.3, 0.4) is 0 Å². The molecule has 0 aliphatic carbocycles. The Morgan fingerprint density at radius 1 is 1.46 bits per heavy atom. The van der Waals surface area contributed by atoms with Gasteiger partial charge in [-0.15, -0.1) is 0 Å². The van der Waals surface area contributed by atoms with E-state index in [1.54, 1.807) is 0 Å². The van der Waals surface area contributed by atoms with Gasteiger partial charge in [-0.2, -0.15) is 5.10 Å². The van der Waals surface area contributed by atoms with Crippen LogP contribution < -0.4 is 5.32 Å². The first kappa shape index (κ1) is 8.60. The van der Waals surface area contributed by atoms with Crippen LogP contribution in [0.15, 0.2) is 0 Å². The molecule has 1 aliphatic heterocycles. The van der Waals surface area contributed by atoms with Crippen LogP contribution in [-0.2, 0) is 19.4 Å². The van der Waals surface area contributed by atoms with Gasteiger partial charge in [-0.05, 0) is 25.7 Å². The molecular weight excluding hydrogens is 162 g/mol. The van der Waals surface area contributed by atoms with Crippen LogP contribution in [-0.4, -0.2) is 16.8 Å². The van der Waals surface area contributed by atoms with E-state index in [0.29, 0.717) is 0 Å². The SMILES string of the molecule is CCc1nn2c(c1NC)CCCC2. The van der Waals surface area contributed by atoms with Gasteiger partial charge < -0.3 is 5.32 Å². The largest absolute Gasteiger partial charge is 0.385 e. The van der Waals surface area contributed by atoms with Gasteiger partial charge in [0.15, 0.2) is 0 Å². The predicted octanol–water partition coefficient (Wildman–Crippen LogP) is 1.82. The number of anilines is 1. The number of aryl methyl sites for hydroxylation is 2. The zero-order chi connectivity index (χ0) is 9.26. The summed E-state index contributed by atoms with van der Waals surface area (Å²) in [5.41, 5.74) is 3.91. The molecule has 13 heavy (non-hydrogen) atoms. The van der Waals surface area contributed by atoms with E-state index in [0.717, 1.165) is 13.0 Å². The normalized spacial score (nSPS) is 15.5. The van der Waals surface area contributed by atoms with Crippen LogP contribution in [0.4, 0.5) is 5.69 Å². The Morgan fingerprint density at radius 2 is 2.31 bits per heavy atom. The molecule has 0 spiro atoms. The van der Waals surface area contributed by atoms with Gasteiger partial charge in [-0.25, -0.2) is 0 Å². The highest BCUT2D eigenvalue weighted by Crippen LogP contribution is 2.26. The Kier molecular flexibility index (Phi) is 2.25. The van der Waals surface area contributed by atoms with Crippen molar-refractivity contribution < 1.29 is 0 Å². The Hall–Kier alpha value is -0.990. The van der Waals surface area contributed by atoms with Crippen LogP contribution >= 0.6 is 0 Å². The molecule has 0 atom stereocenters. The maximum atomic E-state index is 4.59. The lowest BCUT2D eigenvalue weighted by molar-refractivity contribution is 0.484. The summed E-state index contributed by atoms with van der Waals surface area (Å²) in [5, 5.41) is 7.87. The second-order valence-electron chi connectivity index (χ2n) is 3.55. The molecule has 1 N–H and O–H groups in total. The summed E-state index contributed by atoms with van der Waals surface area (Å²) in [7, 11) is 1.99.